The molecule has 1 unspecified atom stereocenters. The van der Waals surface area contributed by atoms with Crippen LogP contribution in [0, 0.1) is 5.92 Å². The minimum atomic E-state index is -2.87. The quantitative estimate of drug-likeness (QED) is 0.713. The van der Waals surface area contributed by atoms with E-state index < -0.39 is 9.84 Å². The second-order valence-electron chi connectivity index (χ2n) is 4.17. The summed E-state index contributed by atoms with van der Waals surface area (Å²) in [7, 11) is -2.87. The van der Waals surface area contributed by atoms with E-state index in [2.05, 4.69) is 4.90 Å². The standard InChI is InChI=1S/C9H18N2O2S2/c1-15(12,13)6-5-11-4-2-3-8(7-11)9(10)14/h8H,2-7H2,1H3,(H2,10,14). The Morgan fingerprint density at radius 1 is 1.60 bits per heavy atom. The molecule has 0 saturated carbocycles. The van der Waals surface area contributed by atoms with E-state index >= 15 is 0 Å². The maximum absolute atomic E-state index is 11.0. The van der Waals surface area contributed by atoms with Crippen LogP contribution in [0.4, 0.5) is 0 Å². The van der Waals surface area contributed by atoms with Crippen LogP contribution in [0.3, 0.4) is 0 Å². The van der Waals surface area contributed by atoms with Gasteiger partial charge in [0, 0.05) is 25.3 Å². The van der Waals surface area contributed by atoms with E-state index in [0.29, 0.717) is 11.5 Å². The highest BCUT2D eigenvalue weighted by atomic mass is 32.2. The van der Waals surface area contributed by atoms with Crippen LogP contribution in [-0.4, -0.2) is 49.9 Å². The predicted octanol–water partition coefficient (Wildman–Crippen LogP) is 0.0291. The van der Waals surface area contributed by atoms with E-state index in [0.717, 1.165) is 25.9 Å². The molecular formula is C9H18N2O2S2. The summed E-state index contributed by atoms with van der Waals surface area (Å²) in [5.41, 5.74) is 5.60. The second-order valence-corrected chi connectivity index (χ2v) is 6.90. The first-order valence-electron chi connectivity index (χ1n) is 5.08. The lowest BCUT2D eigenvalue weighted by atomic mass is 9.98. The van der Waals surface area contributed by atoms with Gasteiger partial charge in [-0.3, -0.25) is 0 Å². The van der Waals surface area contributed by atoms with E-state index in [9.17, 15) is 8.42 Å². The number of thiocarbonyl (C=S) groups is 1. The van der Waals surface area contributed by atoms with Crippen LogP contribution in [0.15, 0.2) is 0 Å². The van der Waals surface area contributed by atoms with Crippen molar-refractivity contribution in [3.05, 3.63) is 0 Å². The monoisotopic (exact) mass is 250 g/mol. The van der Waals surface area contributed by atoms with Gasteiger partial charge in [0.1, 0.15) is 9.84 Å². The van der Waals surface area contributed by atoms with E-state index in [4.69, 9.17) is 18.0 Å². The maximum Gasteiger partial charge on any atom is 0.148 e. The van der Waals surface area contributed by atoms with Crippen LogP contribution in [-0.2, 0) is 9.84 Å². The Kier molecular flexibility index (Phi) is 4.48. The lowest BCUT2D eigenvalue weighted by Gasteiger charge is -2.31. The lowest BCUT2D eigenvalue weighted by Crippen LogP contribution is -2.42. The van der Waals surface area contributed by atoms with E-state index in [1.54, 1.807) is 0 Å². The molecule has 1 atom stereocenters. The Labute approximate surface area is 96.7 Å². The van der Waals surface area contributed by atoms with Gasteiger partial charge in [0.2, 0.25) is 0 Å². The van der Waals surface area contributed by atoms with Gasteiger partial charge in [0.25, 0.3) is 0 Å². The molecule has 0 aromatic heterocycles. The molecule has 1 saturated heterocycles. The Morgan fingerprint density at radius 3 is 2.80 bits per heavy atom. The zero-order valence-corrected chi connectivity index (χ0v) is 10.6. The summed E-state index contributed by atoms with van der Waals surface area (Å²) in [6.45, 7) is 2.36. The Hall–Kier alpha value is -0.200. The van der Waals surface area contributed by atoms with E-state index in [1.165, 1.54) is 6.26 Å². The van der Waals surface area contributed by atoms with Crippen LogP contribution < -0.4 is 5.73 Å². The second kappa shape index (κ2) is 5.23. The molecule has 0 aromatic rings. The summed E-state index contributed by atoms with van der Waals surface area (Å²) in [5.74, 6) is 0.477. The molecular weight excluding hydrogens is 232 g/mol. The van der Waals surface area contributed by atoms with Gasteiger partial charge < -0.3 is 10.6 Å². The van der Waals surface area contributed by atoms with E-state index in [-0.39, 0.29) is 11.7 Å². The van der Waals surface area contributed by atoms with Crippen molar-refractivity contribution in [1.82, 2.24) is 4.90 Å². The first-order chi connectivity index (χ1) is 6.88. The smallest absolute Gasteiger partial charge is 0.148 e. The van der Waals surface area contributed by atoms with Crippen molar-refractivity contribution in [3.8, 4) is 0 Å². The highest BCUT2D eigenvalue weighted by molar-refractivity contribution is 7.90. The van der Waals surface area contributed by atoms with Gasteiger partial charge in [-0.2, -0.15) is 0 Å². The van der Waals surface area contributed by atoms with Gasteiger partial charge in [-0.1, -0.05) is 12.2 Å². The first kappa shape index (κ1) is 12.9. The highest BCUT2D eigenvalue weighted by Gasteiger charge is 2.22. The van der Waals surface area contributed by atoms with Crippen LogP contribution in [0.1, 0.15) is 12.8 Å². The van der Waals surface area contributed by atoms with Crippen molar-refractivity contribution in [3.63, 3.8) is 0 Å². The summed E-state index contributed by atoms with van der Waals surface area (Å²) in [5, 5.41) is 0. The predicted molar refractivity (Wildman–Crippen MR) is 65.7 cm³/mol. The van der Waals surface area contributed by atoms with Crippen molar-refractivity contribution >= 4 is 27.0 Å². The fourth-order valence-corrected chi connectivity index (χ4v) is 2.57. The molecule has 4 nitrogen and oxygen atoms in total. The molecule has 1 aliphatic heterocycles. The average Bonchev–Trinajstić information content (AvgIpc) is 2.14. The third-order valence-corrected chi connectivity index (χ3v) is 3.94. The summed E-state index contributed by atoms with van der Waals surface area (Å²) in [6.07, 6.45) is 3.35. The van der Waals surface area contributed by atoms with Crippen LogP contribution >= 0.6 is 12.2 Å². The number of likely N-dealkylation sites (tertiary alicyclic amines) is 1. The molecule has 1 rings (SSSR count). The van der Waals surface area contributed by atoms with E-state index in [1.807, 2.05) is 0 Å². The molecule has 0 aliphatic carbocycles. The average molecular weight is 250 g/mol. The van der Waals surface area contributed by atoms with Gasteiger partial charge in [0.15, 0.2) is 0 Å². The third-order valence-electron chi connectivity index (χ3n) is 2.69. The summed E-state index contributed by atoms with van der Waals surface area (Å²) in [4.78, 5) is 2.69. The Balaban J connectivity index is 2.40. The van der Waals surface area contributed by atoms with Crippen molar-refractivity contribution in [2.24, 2.45) is 11.7 Å². The fraction of sp³-hybridized carbons (Fsp3) is 0.889. The minimum absolute atomic E-state index is 0.219. The molecule has 1 aliphatic rings. The zero-order valence-electron chi connectivity index (χ0n) is 8.98. The van der Waals surface area contributed by atoms with Gasteiger partial charge in [0.05, 0.1) is 10.7 Å². The molecule has 1 heterocycles. The van der Waals surface area contributed by atoms with Crippen molar-refractivity contribution in [2.75, 3.05) is 31.6 Å². The molecule has 15 heavy (non-hydrogen) atoms. The molecule has 0 aromatic carbocycles. The van der Waals surface area contributed by atoms with Gasteiger partial charge in [-0.05, 0) is 19.4 Å². The molecule has 6 heteroatoms. The molecule has 0 spiro atoms. The molecule has 0 amide bonds. The Morgan fingerprint density at radius 2 is 2.27 bits per heavy atom. The molecule has 88 valence electrons. The summed E-state index contributed by atoms with van der Waals surface area (Å²) >= 11 is 4.96. The molecule has 0 radical (unpaired) electrons. The molecule has 2 N–H and O–H groups in total. The van der Waals surface area contributed by atoms with Crippen LogP contribution in [0.5, 0.6) is 0 Å². The topological polar surface area (TPSA) is 63.4 Å². The van der Waals surface area contributed by atoms with Crippen molar-refractivity contribution in [1.29, 1.82) is 0 Å². The zero-order chi connectivity index (χ0) is 11.5. The normalized spacial score (nSPS) is 23.9. The maximum atomic E-state index is 11.0. The molecule has 0 bridgehead atoms. The number of piperidine rings is 1. The Bertz CT molecular complexity index is 327. The number of hydrogen-bond donors (Lipinski definition) is 1. The number of nitrogens with zero attached hydrogens (tertiary/aromatic N) is 1. The van der Waals surface area contributed by atoms with Gasteiger partial charge >= 0.3 is 0 Å². The largest absolute Gasteiger partial charge is 0.393 e. The number of rotatable bonds is 4. The highest BCUT2D eigenvalue weighted by Crippen LogP contribution is 2.16. The number of nitrogens with two attached hydrogens (primary N) is 1. The first-order valence-corrected chi connectivity index (χ1v) is 7.55. The minimum Gasteiger partial charge on any atom is -0.393 e. The SMILES string of the molecule is CS(=O)(=O)CCN1CCCC(C(N)=S)C1. The third kappa shape index (κ3) is 4.90. The number of sulfone groups is 1. The number of hydrogen-bond acceptors (Lipinski definition) is 4. The fourth-order valence-electron chi connectivity index (χ4n) is 1.79. The van der Waals surface area contributed by atoms with Crippen molar-refractivity contribution in [2.45, 2.75) is 12.8 Å². The van der Waals surface area contributed by atoms with Gasteiger partial charge in [-0.15, -0.1) is 0 Å². The lowest BCUT2D eigenvalue weighted by molar-refractivity contribution is 0.215. The van der Waals surface area contributed by atoms with Crippen molar-refractivity contribution < 1.29 is 8.42 Å². The summed E-state index contributed by atoms with van der Waals surface area (Å²) in [6, 6.07) is 0. The molecule has 1 fully saturated rings. The summed E-state index contributed by atoms with van der Waals surface area (Å²) < 4.78 is 22.0. The van der Waals surface area contributed by atoms with Crippen LogP contribution in [0.2, 0.25) is 0 Å². The van der Waals surface area contributed by atoms with Crippen LogP contribution in [0.25, 0.3) is 0 Å². The van der Waals surface area contributed by atoms with Gasteiger partial charge in [-0.25, -0.2) is 8.42 Å².